The molecular weight excluding hydrogens is 1060 g/mol. The van der Waals surface area contributed by atoms with Crippen LogP contribution in [0.1, 0.15) is 131 Å². The number of nitrogens with zero attached hydrogens (tertiary/aromatic N) is 6. The summed E-state index contributed by atoms with van der Waals surface area (Å²) >= 11 is 2.86. The van der Waals surface area contributed by atoms with Gasteiger partial charge in [-0.05, 0) is 112 Å². The molecule has 1 aliphatic carbocycles. The minimum atomic E-state index is -0.814. The smallest absolute Gasteiger partial charge is 0.257 e. The number of hydrogen-bond acceptors (Lipinski definition) is 14. The van der Waals surface area contributed by atoms with Crippen LogP contribution in [0.15, 0.2) is 82.0 Å². The Morgan fingerprint density at radius 3 is 2.12 bits per heavy atom. The number of hydrogen-bond donors (Lipinski definition) is 5. The molecule has 5 N–H and O–H groups in total. The Balaban J connectivity index is 0.806. The number of thiazole rings is 1. The Kier molecular flexibility index (Phi) is 20.9. The van der Waals surface area contributed by atoms with Gasteiger partial charge in [0.05, 0.1) is 35.2 Å². The third-order valence-corrected chi connectivity index (χ3v) is 18.8. The molecule has 81 heavy (non-hydrogen) atoms. The van der Waals surface area contributed by atoms with Gasteiger partial charge < -0.3 is 45.6 Å². The molecule has 4 aromatic rings. The van der Waals surface area contributed by atoms with E-state index >= 15 is 0 Å². The molecule has 0 radical (unpaired) electrons. The van der Waals surface area contributed by atoms with Crippen molar-refractivity contribution in [1.29, 1.82) is 0 Å². The summed E-state index contributed by atoms with van der Waals surface area (Å²) < 4.78 is 6.49. The minimum absolute atomic E-state index is 0.00757. The van der Waals surface area contributed by atoms with Crippen molar-refractivity contribution < 1.29 is 33.5 Å². The van der Waals surface area contributed by atoms with Gasteiger partial charge in [-0.25, -0.2) is 4.98 Å². The number of anilines is 2. The first-order valence-corrected chi connectivity index (χ1v) is 30.6. The third kappa shape index (κ3) is 15.5. The normalized spacial score (nSPS) is 21.3. The molecule has 5 atom stereocenters. The highest BCUT2D eigenvalue weighted by Crippen LogP contribution is 2.39. The molecule has 0 unspecified atom stereocenters. The van der Waals surface area contributed by atoms with E-state index in [0.717, 1.165) is 90.6 Å². The number of amides is 6. The van der Waals surface area contributed by atoms with Gasteiger partial charge in [-0.3, -0.25) is 39.0 Å². The third-order valence-electron chi connectivity index (χ3n) is 16.7. The Labute approximate surface area is 487 Å². The topological polar surface area (TPSA) is 201 Å². The average molecular weight is 1150 g/mol. The van der Waals surface area contributed by atoms with E-state index in [9.17, 15) is 28.8 Å². The van der Waals surface area contributed by atoms with Gasteiger partial charge in [-0.15, -0.1) is 0 Å². The SMILES string of the molecule is CC[C@@H](NC(=O)[C@@H]1C[C@H](NC2CCCC(N3CCN(c4ccc(C(=O)Nc5ncc(Sc6cc(C(=O)N7CCN(C(C)=O)CC7)c(OC)cc6C)s5)cc4)CC3)CCC2)CN1C(=O)[C@@H](NC(=O)[C@H](C)NC)C(C)(C)C)c1ccccc1. The number of methoxy groups -OCH3 is 1. The lowest BCUT2D eigenvalue weighted by Crippen LogP contribution is -2.59. The van der Waals surface area contributed by atoms with E-state index in [4.69, 9.17) is 4.74 Å². The molecule has 4 heterocycles. The monoisotopic (exact) mass is 1150 g/mol. The first kappa shape index (κ1) is 61.0. The van der Waals surface area contributed by atoms with Crippen LogP contribution in [-0.4, -0.2) is 169 Å². The number of nitrogens with one attached hydrogen (secondary N) is 5. The molecule has 3 saturated heterocycles. The van der Waals surface area contributed by atoms with Crippen LogP contribution in [0.5, 0.6) is 5.75 Å². The molecule has 3 aliphatic heterocycles. The first-order valence-electron chi connectivity index (χ1n) is 29.0. The fourth-order valence-corrected chi connectivity index (χ4v) is 13.6. The number of piperazine rings is 2. The zero-order valence-electron chi connectivity index (χ0n) is 48.8. The first-order chi connectivity index (χ1) is 38.8. The highest BCUT2D eigenvalue weighted by molar-refractivity contribution is 8.01. The maximum absolute atomic E-state index is 14.7. The Hall–Kier alpha value is -6.06. The van der Waals surface area contributed by atoms with Crippen LogP contribution in [0, 0.1) is 12.3 Å². The van der Waals surface area contributed by atoms with Gasteiger partial charge in [0, 0.05) is 100 Å². The second kappa shape index (κ2) is 27.8. The number of carbonyl (C=O) groups excluding carboxylic acids is 6. The molecule has 0 spiro atoms. The number of aromatic nitrogens is 1. The van der Waals surface area contributed by atoms with Gasteiger partial charge in [-0.2, -0.15) is 0 Å². The number of likely N-dealkylation sites (N-methyl/N-ethyl adjacent to an activating group) is 1. The zero-order valence-corrected chi connectivity index (χ0v) is 50.5. The van der Waals surface area contributed by atoms with E-state index in [1.807, 2.05) is 94.4 Å². The maximum Gasteiger partial charge on any atom is 0.257 e. The summed E-state index contributed by atoms with van der Waals surface area (Å²) in [6.45, 7) is 19.2. The molecule has 438 valence electrons. The second-order valence-corrected chi connectivity index (χ2v) is 25.6. The van der Waals surface area contributed by atoms with Crippen molar-refractivity contribution in [2.24, 2.45) is 5.41 Å². The number of rotatable bonds is 18. The second-order valence-electron chi connectivity index (χ2n) is 23.2. The van der Waals surface area contributed by atoms with Crippen molar-refractivity contribution in [2.45, 2.75) is 151 Å². The summed E-state index contributed by atoms with van der Waals surface area (Å²) in [7, 11) is 3.28. The van der Waals surface area contributed by atoms with E-state index in [0.29, 0.717) is 73.6 Å². The Morgan fingerprint density at radius 1 is 0.840 bits per heavy atom. The summed E-state index contributed by atoms with van der Waals surface area (Å²) in [6, 6.07) is 20.0. The van der Waals surface area contributed by atoms with Gasteiger partial charge in [0.25, 0.3) is 11.8 Å². The number of aryl methyl sites for hydroxylation is 1. The zero-order chi connectivity index (χ0) is 58.0. The number of ether oxygens (including phenoxy) is 1. The van der Waals surface area contributed by atoms with Gasteiger partial charge in [0.2, 0.25) is 23.6 Å². The predicted molar refractivity (Wildman–Crippen MR) is 320 cm³/mol. The highest BCUT2D eigenvalue weighted by Gasteiger charge is 2.46. The highest BCUT2D eigenvalue weighted by atomic mass is 32.2. The van der Waals surface area contributed by atoms with Gasteiger partial charge in [0.15, 0.2) is 5.13 Å². The van der Waals surface area contributed by atoms with E-state index < -0.39 is 23.5 Å². The van der Waals surface area contributed by atoms with Crippen LogP contribution in [0.2, 0.25) is 0 Å². The van der Waals surface area contributed by atoms with Crippen molar-refractivity contribution in [1.82, 2.24) is 45.9 Å². The lowest BCUT2D eigenvalue weighted by molar-refractivity contribution is -0.144. The molecule has 1 saturated carbocycles. The summed E-state index contributed by atoms with van der Waals surface area (Å²) in [6.07, 6.45) is 9.37. The van der Waals surface area contributed by atoms with E-state index in [1.165, 1.54) is 23.1 Å². The molecule has 6 amide bonds. The van der Waals surface area contributed by atoms with Crippen LogP contribution in [0.25, 0.3) is 0 Å². The number of carbonyl (C=O) groups is 6. The molecule has 8 rings (SSSR count). The quantitative estimate of drug-likeness (QED) is 0.0663. The minimum Gasteiger partial charge on any atom is -0.496 e. The molecule has 4 fully saturated rings. The van der Waals surface area contributed by atoms with Gasteiger partial charge in [-0.1, -0.05) is 94.0 Å². The molecule has 18 nitrogen and oxygen atoms in total. The van der Waals surface area contributed by atoms with Crippen LogP contribution in [0.3, 0.4) is 0 Å². The van der Waals surface area contributed by atoms with E-state index in [-0.39, 0.29) is 53.6 Å². The number of benzene rings is 3. The Bertz CT molecular complexity index is 2800. The molecule has 0 bridgehead atoms. The molecule has 3 aromatic carbocycles. The average Bonchev–Trinajstić information content (AvgIpc) is 4.20. The van der Waals surface area contributed by atoms with Crippen molar-refractivity contribution in [3.8, 4) is 5.75 Å². The van der Waals surface area contributed by atoms with E-state index in [1.54, 1.807) is 48.9 Å². The van der Waals surface area contributed by atoms with Crippen molar-refractivity contribution in [2.75, 3.05) is 83.3 Å². The largest absolute Gasteiger partial charge is 0.496 e. The molecule has 20 heteroatoms. The fraction of sp³-hybridized carbons (Fsp3) is 0.557. The van der Waals surface area contributed by atoms with Crippen molar-refractivity contribution >= 4 is 69.4 Å². The standard InChI is InChI=1S/C61H85N11O7S2/c1-10-49(42-16-12-11-13-17-42)65-57(76)50-35-45(38-72(50)59(78)54(61(5,6)7)66-55(74)40(3)62-8)64-44-18-14-20-46(21-15-19-44)69-28-30-70(31-29-69)47-24-22-43(23-25-47)56(75)67-60-63-37-53(81-60)80-52-36-48(51(79-9)34-39(52)2)58(77)71-32-26-68(27-33-71)41(4)73/h11-13,16-17,22-25,34,36-37,40,44-46,49-50,54,62,64H,10,14-15,18-21,26-33,35,38H2,1-9H3,(H,65,76)(H,66,74)(H,63,67,75)/t40-,44?,45-,46?,49+,50-,54+/m0/s1. The summed E-state index contributed by atoms with van der Waals surface area (Å²) in [5.41, 5.74) is 3.48. The summed E-state index contributed by atoms with van der Waals surface area (Å²) in [5, 5.41) is 16.7. The lowest BCUT2D eigenvalue weighted by atomic mass is 9.85. The summed E-state index contributed by atoms with van der Waals surface area (Å²) in [4.78, 5) is 96.9. The molecule has 1 aromatic heterocycles. The van der Waals surface area contributed by atoms with Crippen LogP contribution in [0.4, 0.5) is 10.8 Å². The van der Waals surface area contributed by atoms with Crippen LogP contribution < -0.4 is 36.2 Å². The number of likely N-dealkylation sites (tertiary alicyclic amines) is 1. The van der Waals surface area contributed by atoms with Gasteiger partial charge >= 0.3 is 0 Å². The predicted octanol–water partition coefficient (Wildman–Crippen LogP) is 7.35. The van der Waals surface area contributed by atoms with Crippen molar-refractivity contribution in [3.63, 3.8) is 0 Å². The maximum atomic E-state index is 14.7. The van der Waals surface area contributed by atoms with Crippen LogP contribution in [-0.2, 0) is 19.2 Å². The van der Waals surface area contributed by atoms with E-state index in [2.05, 4.69) is 48.3 Å². The lowest BCUT2D eigenvalue weighted by Gasteiger charge is -2.41. The Morgan fingerprint density at radius 2 is 1.51 bits per heavy atom. The summed E-state index contributed by atoms with van der Waals surface area (Å²) in [5.74, 6) is -0.521. The van der Waals surface area contributed by atoms with Crippen LogP contribution >= 0.6 is 23.1 Å². The van der Waals surface area contributed by atoms with Crippen molar-refractivity contribution in [3.05, 3.63) is 95.2 Å². The molecule has 4 aliphatic rings. The fourth-order valence-electron chi connectivity index (χ4n) is 11.7. The molecular formula is C61H85N11O7S2. The van der Waals surface area contributed by atoms with Gasteiger partial charge in [0.1, 0.15) is 17.8 Å².